The smallest absolute Gasteiger partial charge is 0.229 e. The van der Waals surface area contributed by atoms with Crippen LogP contribution in [0.5, 0.6) is 0 Å². The first-order valence-corrected chi connectivity index (χ1v) is 8.27. The number of fused-ring (bicyclic) bond motifs is 1. The van der Waals surface area contributed by atoms with E-state index >= 15 is 0 Å². The molecule has 4 heterocycles. The number of ether oxygens (including phenoxy) is 1. The third kappa shape index (κ3) is 2.63. The van der Waals surface area contributed by atoms with E-state index in [0.29, 0.717) is 6.10 Å². The molecule has 2 aromatic heterocycles. The van der Waals surface area contributed by atoms with Crippen LogP contribution in [0.15, 0.2) is 6.07 Å². The summed E-state index contributed by atoms with van der Waals surface area (Å²) >= 11 is 0. The number of hydrogen-bond donors (Lipinski definition) is 2. The Bertz CT molecular complexity index is 656. The Morgan fingerprint density at radius 3 is 2.95 bits per heavy atom. The molecular formula is C16H23N5O. The van der Waals surface area contributed by atoms with Crippen molar-refractivity contribution in [2.24, 2.45) is 0 Å². The van der Waals surface area contributed by atoms with Gasteiger partial charge in [0.25, 0.3) is 0 Å². The molecule has 2 aliphatic heterocycles. The average molecular weight is 301 g/mol. The van der Waals surface area contributed by atoms with Gasteiger partial charge >= 0.3 is 0 Å². The lowest BCUT2D eigenvalue weighted by molar-refractivity contribution is 0.120. The molecule has 0 spiro atoms. The Labute approximate surface area is 130 Å². The Hall–Kier alpha value is -1.82. The van der Waals surface area contributed by atoms with Gasteiger partial charge in [-0.1, -0.05) is 0 Å². The largest absolute Gasteiger partial charge is 0.376 e. The lowest BCUT2D eigenvalue weighted by Gasteiger charge is -2.17. The van der Waals surface area contributed by atoms with Crippen molar-refractivity contribution in [3.05, 3.63) is 11.8 Å². The van der Waals surface area contributed by atoms with Gasteiger partial charge in [0.15, 0.2) is 0 Å². The van der Waals surface area contributed by atoms with Crippen molar-refractivity contribution in [2.75, 3.05) is 36.5 Å². The lowest BCUT2D eigenvalue weighted by atomic mass is 10.2. The zero-order chi connectivity index (χ0) is 14.9. The highest BCUT2D eigenvalue weighted by molar-refractivity contribution is 5.89. The number of hydrogen-bond acceptors (Lipinski definition) is 5. The fourth-order valence-electron chi connectivity index (χ4n) is 3.34. The molecule has 2 saturated heterocycles. The first-order valence-electron chi connectivity index (χ1n) is 8.27. The monoisotopic (exact) mass is 301 g/mol. The zero-order valence-electron chi connectivity index (χ0n) is 13.1. The first-order chi connectivity index (χ1) is 10.8. The number of anilines is 2. The van der Waals surface area contributed by atoms with E-state index < -0.39 is 0 Å². The second-order valence-corrected chi connectivity index (χ2v) is 6.30. The van der Waals surface area contributed by atoms with Gasteiger partial charge in [0.05, 0.1) is 11.5 Å². The number of nitrogens with one attached hydrogen (secondary N) is 2. The molecular weight excluding hydrogens is 278 g/mol. The van der Waals surface area contributed by atoms with Gasteiger partial charge in [-0.05, 0) is 38.7 Å². The summed E-state index contributed by atoms with van der Waals surface area (Å²) in [7, 11) is 0. The summed E-state index contributed by atoms with van der Waals surface area (Å²) in [5.41, 5.74) is 2.03. The summed E-state index contributed by atoms with van der Waals surface area (Å²) in [6, 6.07) is 2.11. The van der Waals surface area contributed by atoms with Crippen LogP contribution in [-0.2, 0) is 4.74 Å². The Balaban J connectivity index is 1.63. The molecule has 22 heavy (non-hydrogen) atoms. The molecule has 0 aliphatic carbocycles. The third-order valence-electron chi connectivity index (χ3n) is 4.52. The van der Waals surface area contributed by atoms with Gasteiger partial charge in [0, 0.05) is 31.9 Å². The highest BCUT2D eigenvalue weighted by atomic mass is 16.5. The van der Waals surface area contributed by atoms with E-state index in [1.165, 1.54) is 12.8 Å². The van der Waals surface area contributed by atoms with Gasteiger partial charge in [0.2, 0.25) is 5.95 Å². The maximum absolute atomic E-state index is 5.70. The van der Waals surface area contributed by atoms with E-state index in [4.69, 9.17) is 14.7 Å². The second kappa shape index (κ2) is 5.76. The standard InChI is InChI=1S/C16H23N5O/c1-11-9-13-14(17-10-12-5-4-8-22-12)19-16(20-15(13)18-11)21-6-2-3-7-21/h9,12H,2-8,10H2,1H3,(H2,17,18,19,20). The maximum Gasteiger partial charge on any atom is 0.229 e. The van der Waals surface area contributed by atoms with Crippen LogP contribution in [-0.4, -0.2) is 47.3 Å². The van der Waals surface area contributed by atoms with Crippen LogP contribution < -0.4 is 10.2 Å². The van der Waals surface area contributed by atoms with Crippen molar-refractivity contribution in [3.63, 3.8) is 0 Å². The SMILES string of the molecule is Cc1cc2c(NCC3CCCO3)nc(N3CCCC3)nc2[nH]1. The van der Waals surface area contributed by atoms with Crippen LogP contribution in [0.2, 0.25) is 0 Å². The highest BCUT2D eigenvalue weighted by Gasteiger charge is 2.20. The molecule has 0 amide bonds. The molecule has 2 aromatic rings. The van der Waals surface area contributed by atoms with Crippen molar-refractivity contribution in [1.82, 2.24) is 15.0 Å². The molecule has 1 unspecified atom stereocenters. The number of H-pyrrole nitrogens is 1. The molecule has 0 saturated carbocycles. The van der Waals surface area contributed by atoms with E-state index in [1.807, 2.05) is 0 Å². The van der Waals surface area contributed by atoms with Gasteiger partial charge in [-0.2, -0.15) is 9.97 Å². The van der Waals surface area contributed by atoms with E-state index in [9.17, 15) is 0 Å². The van der Waals surface area contributed by atoms with Crippen molar-refractivity contribution < 1.29 is 4.74 Å². The van der Waals surface area contributed by atoms with Crippen LogP contribution >= 0.6 is 0 Å². The normalized spacial score (nSPS) is 21.9. The van der Waals surface area contributed by atoms with Crippen LogP contribution in [0.25, 0.3) is 11.0 Å². The van der Waals surface area contributed by atoms with Crippen LogP contribution in [0, 0.1) is 6.92 Å². The molecule has 0 radical (unpaired) electrons. The lowest BCUT2D eigenvalue weighted by Crippen LogP contribution is -2.23. The minimum absolute atomic E-state index is 0.306. The topological polar surface area (TPSA) is 66.1 Å². The Kier molecular flexibility index (Phi) is 3.62. The predicted molar refractivity (Wildman–Crippen MR) is 87.5 cm³/mol. The summed E-state index contributed by atoms with van der Waals surface area (Å²) in [6.07, 6.45) is 5.05. The number of aromatic amines is 1. The zero-order valence-corrected chi connectivity index (χ0v) is 13.1. The predicted octanol–water partition coefficient (Wildman–Crippen LogP) is 2.46. The second-order valence-electron chi connectivity index (χ2n) is 6.30. The van der Waals surface area contributed by atoms with Gasteiger partial charge in [-0.15, -0.1) is 0 Å². The number of rotatable bonds is 4. The minimum Gasteiger partial charge on any atom is -0.376 e. The highest BCUT2D eigenvalue weighted by Crippen LogP contribution is 2.26. The minimum atomic E-state index is 0.306. The Morgan fingerprint density at radius 1 is 1.32 bits per heavy atom. The molecule has 6 heteroatoms. The molecule has 118 valence electrons. The molecule has 2 N–H and O–H groups in total. The average Bonchev–Trinajstić information content (AvgIpc) is 3.25. The van der Waals surface area contributed by atoms with Crippen molar-refractivity contribution in [2.45, 2.75) is 38.7 Å². The van der Waals surface area contributed by atoms with E-state index in [0.717, 1.165) is 67.6 Å². The summed E-state index contributed by atoms with van der Waals surface area (Å²) in [6.45, 7) is 5.86. The summed E-state index contributed by atoms with van der Waals surface area (Å²) in [4.78, 5) is 15.1. The van der Waals surface area contributed by atoms with Crippen molar-refractivity contribution in [3.8, 4) is 0 Å². The number of nitrogens with zero attached hydrogens (tertiary/aromatic N) is 3. The summed E-state index contributed by atoms with van der Waals surface area (Å²) < 4.78 is 5.70. The van der Waals surface area contributed by atoms with Crippen LogP contribution in [0.1, 0.15) is 31.4 Å². The van der Waals surface area contributed by atoms with Crippen molar-refractivity contribution in [1.29, 1.82) is 0 Å². The number of aromatic nitrogens is 3. The fraction of sp³-hybridized carbons (Fsp3) is 0.625. The van der Waals surface area contributed by atoms with Crippen LogP contribution in [0.4, 0.5) is 11.8 Å². The molecule has 6 nitrogen and oxygen atoms in total. The van der Waals surface area contributed by atoms with Gasteiger partial charge in [-0.3, -0.25) is 0 Å². The van der Waals surface area contributed by atoms with Gasteiger partial charge in [0.1, 0.15) is 11.5 Å². The molecule has 4 rings (SSSR count). The fourth-order valence-corrected chi connectivity index (χ4v) is 3.34. The van der Waals surface area contributed by atoms with Gasteiger partial charge in [-0.25, -0.2) is 0 Å². The molecule has 0 bridgehead atoms. The molecule has 0 aromatic carbocycles. The molecule has 1 atom stereocenters. The summed E-state index contributed by atoms with van der Waals surface area (Å²) in [5.74, 6) is 1.76. The quantitative estimate of drug-likeness (QED) is 0.908. The summed E-state index contributed by atoms with van der Waals surface area (Å²) in [5, 5.41) is 4.55. The van der Waals surface area contributed by atoms with Crippen molar-refractivity contribution >= 4 is 22.8 Å². The van der Waals surface area contributed by atoms with E-state index in [2.05, 4.69) is 28.2 Å². The maximum atomic E-state index is 5.70. The third-order valence-corrected chi connectivity index (χ3v) is 4.52. The molecule has 2 aliphatic rings. The van der Waals surface area contributed by atoms with E-state index in [-0.39, 0.29) is 0 Å². The number of aryl methyl sites for hydroxylation is 1. The van der Waals surface area contributed by atoms with Crippen LogP contribution in [0.3, 0.4) is 0 Å². The Morgan fingerprint density at radius 2 is 2.18 bits per heavy atom. The molecule has 2 fully saturated rings. The van der Waals surface area contributed by atoms with E-state index in [1.54, 1.807) is 0 Å². The van der Waals surface area contributed by atoms with Gasteiger partial charge < -0.3 is 19.9 Å². The first kappa shape index (κ1) is 13.8.